The molecule has 4 heteroatoms. The highest BCUT2D eigenvalue weighted by Gasteiger charge is 2.28. The average Bonchev–Trinajstić information content (AvgIpc) is 2.83. The minimum absolute atomic E-state index is 0.110. The lowest BCUT2D eigenvalue weighted by molar-refractivity contribution is -0.138. The zero-order chi connectivity index (χ0) is 14.1. The summed E-state index contributed by atoms with van der Waals surface area (Å²) in [6.07, 6.45) is 7.70. The van der Waals surface area contributed by atoms with Gasteiger partial charge in [0.05, 0.1) is 19.6 Å². The summed E-state index contributed by atoms with van der Waals surface area (Å²) in [5, 5.41) is 8.58. The van der Waals surface area contributed by atoms with E-state index in [2.05, 4.69) is 18.7 Å². The highest BCUT2D eigenvalue weighted by atomic mass is 16.5. The lowest BCUT2D eigenvalue weighted by Crippen LogP contribution is -2.40. The Labute approximate surface area is 117 Å². The summed E-state index contributed by atoms with van der Waals surface area (Å²) in [4.78, 5) is 13.0. The highest BCUT2D eigenvalue weighted by Crippen LogP contribution is 2.23. The van der Waals surface area contributed by atoms with Crippen molar-refractivity contribution in [3.63, 3.8) is 0 Å². The molecule has 1 aliphatic rings. The van der Waals surface area contributed by atoms with E-state index in [0.717, 1.165) is 0 Å². The first kappa shape index (κ1) is 16.4. The standard InChI is InChI=1S/C15H29NO3/c1-3-4-5-7-13(2)16-10-6-8-14(16)12-19-11-9-15(17)18/h13-14H,3-12H2,1-2H3,(H,17,18)/t13?,14-/m1/s1. The molecular weight excluding hydrogens is 242 g/mol. The Morgan fingerprint density at radius 3 is 2.95 bits per heavy atom. The van der Waals surface area contributed by atoms with Gasteiger partial charge in [0.1, 0.15) is 0 Å². The number of carboxylic acids is 1. The maximum atomic E-state index is 10.4. The van der Waals surface area contributed by atoms with Crippen molar-refractivity contribution in [2.24, 2.45) is 0 Å². The van der Waals surface area contributed by atoms with E-state index in [1.165, 1.54) is 45.1 Å². The zero-order valence-corrected chi connectivity index (χ0v) is 12.4. The third kappa shape index (κ3) is 6.39. The predicted octanol–water partition coefficient (Wildman–Crippen LogP) is 2.91. The second-order valence-corrected chi connectivity index (χ2v) is 5.60. The van der Waals surface area contributed by atoms with Gasteiger partial charge < -0.3 is 9.84 Å². The van der Waals surface area contributed by atoms with Crippen LogP contribution in [0.15, 0.2) is 0 Å². The maximum absolute atomic E-state index is 10.4. The first-order valence-electron chi connectivity index (χ1n) is 7.70. The van der Waals surface area contributed by atoms with Crippen LogP contribution >= 0.6 is 0 Å². The van der Waals surface area contributed by atoms with Crippen LogP contribution in [0, 0.1) is 0 Å². The molecule has 112 valence electrons. The molecule has 1 rings (SSSR count). The summed E-state index contributed by atoms with van der Waals surface area (Å²) >= 11 is 0. The SMILES string of the molecule is CCCCCC(C)N1CCC[C@@H]1COCCC(=O)O. The Hall–Kier alpha value is -0.610. The summed E-state index contributed by atoms with van der Waals surface area (Å²) < 4.78 is 5.51. The minimum atomic E-state index is -0.781. The molecule has 1 saturated heterocycles. The third-order valence-corrected chi connectivity index (χ3v) is 3.98. The number of unbranched alkanes of at least 4 members (excludes halogenated alkanes) is 2. The van der Waals surface area contributed by atoms with Crippen LogP contribution in [0.1, 0.15) is 58.8 Å². The smallest absolute Gasteiger partial charge is 0.305 e. The molecule has 1 fully saturated rings. The van der Waals surface area contributed by atoms with Crippen molar-refractivity contribution in [1.82, 2.24) is 4.90 Å². The summed E-state index contributed by atoms with van der Waals surface area (Å²) in [7, 11) is 0. The molecular formula is C15H29NO3. The molecule has 0 aromatic carbocycles. The van der Waals surface area contributed by atoms with Gasteiger partial charge in [0.15, 0.2) is 0 Å². The van der Waals surface area contributed by atoms with Crippen LogP contribution in [-0.2, 0) is 9.53 Å². The van der Waals surface area contributed by atoms with E-state index in [1.807, 2.05) is 0 Å². The van der Waals surface area contributed by atoms with E-state index >= 15 is 0 Å². The van der Waals surface area contributed by atoms with E-state index in [0.29, 0.717) is 25.3 Å². The molecule has 0 spiro atoms. The Balaban J connectivity index is 2.22. The molecule has 1 unspecified atom stereocenters. The second-order valence-electron chi connectivity index (χ2n) is 5.60. The lowest BCUT2D eigenvalue weighted by Gasteiger charge is -2.30. The molecule has 0 aliphatic carbocycles. The van der Waals surface area contributed by atoms with Gasteiger partial charge in [-0.3, -0.25) is 9.69 Å². The van der Waals surface area contributed by atoms with Gasteiger partial charge in [-0.1, -0.05) is 26.2 Å². The van der Waals surface area contributed by atoms with Gasteiger partial charge in [-0.05, 0) is 32.7 Å². The molecule has 2 atom stereocenters. The molecule has 0 amide bonds. The number of rotatable bonds is 10. The Morgan fingerprint density at radius 2 is 2.26 bits per heavy atom. The van der Waals surface area contributed by atoms with Gasteiger partial charge in [0.2, 0.25) is 0 Å². The van der Waals surface area contributed by atoms with Crippen molar-refractivity contribution in [3.05, 3.63) is 0 Å². The lowest BCUT2D eigenvalue weighted by atomic mass is 10.1. The maximum Gasteiger partial charge on any atom is 0.305 e. The normalized spacial score (nSPS) is 21.7. The summed E-state index contributed by atoms with van der Waals surface area (Å²) in [6, 6.07) is 1.12. The number of ether oxygens (including phenoxy) is 1. The predicted molar refractivity (Wildman–Crippen MR) is 76.4 cm³/mol. The van der Waals surface area contributed by atoms with Gasteiger partial charge in [0, 0.05) is 12.1 Å². The highest BCUT2D eigenvalue weighted by molar-refractivity contribution is 5.66. The van der Waals surface area contributed by atoms with Gasteiger partial charge in [-0.2, -0.15) is 0 Å². The third-order valence-electron chi connectivity index (χ3n) is 3.98. The second kappa shape index (κ2) is 9.32. The molecule has 1 N–H and O–H groups in total. The largest absolute Gasteiger partial charge is 0.481 e. The molecule has 0 radical (unpaired) electrons. The Morgan fingerprint density at radius 1 is 1.47 bits per heavy atom. The Kier molecular flexibility index (Phi) is 8.07. The van der Waals surface area contributed by atoms with E-state index in [9.17, 15) is 4.79 Å². The fourth-order valence-corrected chi connectivity index (χ4v) is 2.85. The van der Waals surface area contributed by atoms with E-state index < -0.39 is 5.97 Å². The molecule has 19 heavy (non-hydrogen) atoms. The number of carboxylic acid groups (broad SMARTS) is 1. The summed E-state index contributed by atoms with van der Waals surface area (Å²) in [5.74, 6) is -0.781. The topological polar surface area (TPSA) is 49.8 Å². The first-order valence-corrected chi connectivity index (χ1v) is 7.70. The van der Waals surface area contributed by atoms with Crippen LogP contribution in [0.2, 0.25) is 0 Å². The molecule has 0 bridgehead atoms. The van der Waals surface area contributed by atoms with Crippen molar-refractivity contribution >= 4 is 5.97 Å². The minimum Gasteiger partial charge on any atom is -0.481 e. The number of hydrogen-bond donors (Lipinski definition) is 1. The van der Waals surface area contributed by atoms with Crippen LogP contribution in [0.25, 0.3) is 0 Å². The first-order chi connectivity index (χ1) is 9.15. The van der Waals surface area contributed by atoms with Crippen LogP contribution in [0.4, 0.5) is 0 Å². The molecule has 1 heterocycles. The van der Waals surface area contributed by atoms with Gasteiger partial charge in [0.25, 0.3) is 0 Å². The van der Waals surface area contributed by atoms with Crippen LogP contribution in [0.3, 0.4) is 0 Å². The van der Waals surface area contributed by atoms with Crippen molar-refractivity contribution in [3.8, 4) is 0 Å². The fraction of sp³-hybridized carbons (Fsp3) is 0.933. The Bertz CT molecular complexity index is 258. The van der Waals surface area contributed by atoms with Crippen molar-refractivity contribution in [1.29, 1.82) is 0 Å². The van der Waals surface area contributed by atoms with Crippen molar-refractivity contribution < 1.29 is 14.6 Å². The van der Waals surface area contributed by atoms with Crippen molar-refractivity contribution in [2.45, 2.75) is 70.9 Å². The summed E-state index contributed by atoms with van der Waals surface area (Å²) in [6.45, 7) is 6.74. The van der Waals surface area contributed by atoms with Gasteiger partial charge in [-0.15, -0.1) is 0 Å². The van der Waals surface area contributed by atoms with E-state index in [4.69, 9.17) is 9.84 Å². The molecule has 0 aromatic rings. The number of nitrogens with zero attached hydrogens (tertiary/aromatic N) is 1. The van der Waals surface area contributed by atoms with E-state index in [1.54, 1.807) is 0 Å². The van der Waals surface area contributed by atoms with Crippen LogP contribution < -0.4 is 0 Å². The van der Waals surface area contributed by atoms with Crippen LogP contribution in [-0.4, -0.2) is 47.8 Å². The monoisotopic (exact) mass is 271 g/mol. The van der Waals surface area contributed by atoms with Gasteiger partial charge in [-0.25, -0.2) is 0 Å². The zero-order valence-electron chi connectivity index (χ0n) is 12.4. The number of likely N-dealkylation sites (tertiary alicyclic amines) is 1. The fourth-order valence-electron chi connectivity index (χ4n) is 2.85. The number of aliphatic carboxylic acids is 1. The van der Waals surface area contributed by atoms with Crippen molar-refractivity contribution in [2.75, 3.05) is 19.8 Å². The number of hydrogen-bond acceptors (Lipinski definition) is 3. The quantitative estimate of drug-likeness (QED) is 0.621. The molecule has 4 nitrogen and oxygen atoms in total. The van der Waals surface area contributed by atoms with Crippen LogP contribution in [0.5, 0.6) is 0 Å². The molecule has 0 aromatic heterocycles. The number of carbonyl (C=O) groups is 1. The van der Waals surface area contributed by atoms with E-state index in [-0.39, 0.29) is 6.42 Å². The molecule has 0 saturated carbocycles. The van der Waals surface area contributed by atoms with Gasteiger partial charge >= 0.3 is 5.97 Å². The summed E-state index contributed by atoms with van der Waals surface area (Å²) in [5.41, 5.74) is 0. The average molecular weight is 271 g/mol. The molecule has 1 aliphatic heterocycles.